The van der Waals surface area contributed by atoms with Gasteiger partial charge in [-0.2, -0.15) is 0 Å². The molecule has 0 bridgehead atoms. The van der Waals surface area contributed by atoms with Crippen LogP contribution in [0.4, 0.5) is 4.39 Å². The van der Waals surface area contributed by atoms with Crippen molar-refractivity contribution in [3.63, 3.8) is 0 Å². The van der Waals surface area contributed by atoms with E-state index in [-0.39, 0.29) is 29.9 Å². The number of thioether (sulfide) groups is 1. The van der Waals surface area contributed by atoms with Gasteiger partial charge in [-0.1, -0.05) is 85.1 Å². The lowest BCUT2D eigenvalue weighted by Crippen LogP contribution is -2.51. The number of nitrogens with one attached hydrogen (secondary N) is 1. The number of amides is 2. The van der Waals surface area contributed by atoms with Crippen LogP contribution in [0.25, 0.3) is 0 Å². The molecule has 0 aliphatic carbocycles. The van der Waals surface area contributed by atoms with E-state index in [1.165, 1.54) is 23.9 Å². The van der Waals surface area contributed by atoms with Gasteiger partial charge in [0.15, 0.2) is 0 Å². The van der Waals surface area contributed by atoms with Crippen molar-refractivity contribution in [1.82, 2.24) is 10.2 Å². The molecule has 0 unspecified atom stereocenters. The molecule has 0 aliphatic heterocycles. The summed E-state index contributed by atoms with van der Waals surface area (Å²) < 4.78 is 13.5. The average Bonchev–Trinajstić information content (AvgIpc) is 2.90. The standard InChI is InChI=1S/C29H31Cl2FN2O2S/c1-2-3-15-33-29(36)27(17-21-7-5-4-6-8-21)34(18-22-9-12-24(32)13-10-22)28(35)20-37-19-23-11-14-25(30)26(31)16-23/h4-14,16,27H,2-3,15,17-20H2,1H3,(H,33,36)/t27-/m1/s1. The van der Waals surface area contributed by atoms with Crippen LogP contribution in [0.3, 0.4) is 0 Å². The molecule has 2 amide bonds. The van der Waals surface area contributed by atoms with Crippen LogP contribution >= 0.6 is 35.0 Å². The maximum Gasteiger partial charge on any atom is 0.243 e. The fraction of sp³-hybridized carbons (Fsp3) is 0.310. The summed E-state index contributed by atoms with van der Waals surface area (Å²) in [5.74, 6) is 0.0359. The molecule has 0 heterocycles. The van der Waals surface area contributed by atoms with Gasteiger partial charge >= 0.3 is 0 Å². The van der Waals surface area contributed by atoms with Gasteiger partial charge in [0.2, 0.25) is 11.8 Å². The molecule has 0 spiro atoms. The lowest BCUT2D eigenvalue weighted by Gasteiger charge is -2.31. The predicted molar refractivity (Wildman–Crippen MR) is 151 cm³/mol. The number of hydrogen-bond donors (Lipinski definition) is 1. The van der Waals surface area contributed by atoms with Crippen LogP contribution in [0.5, 0.6) is 0 Å². The fourth-order valence-electron chi connectivity index (χ4n) is 3.82. The number of unbranched alkanes of at least 4 members (excludes halogenated alkanes) is 1. The molecule has 4 nitrogen and oxygen atoms in total. The summed E-state index contributed by atoms with van der Waals surface area (Å²) in [6, 6.07) is 20.4. The number of benzene rings is 3. The minimum atomic E-state index is -0.706. The quantitative estimate of drug-likeness (QED) is 0.231. The monoisotopic (exact) mass is 560 g/mol. The van der Waals surface area contributed by atoms with Gasteiger partial charge in [-0.15, -0.1) is 11.8 Å². The van der Waals surface area contributed by atoms with E-state index in [9.17, 15) is 14.0 Å². The summed E-state index contributed by atoms with van der Waals surface area (Å²) in [4.78, 5) is 28.6. The van der Waals surface area contributed by atoms with Crippen molar-refractivity contribution in [2.24, 2.45) is 0 Å². The largest absolute Gasteiger partial charge is 0.354 e. The zero-order chi connectivity index (χ0) is 26.6. The van der Waals surface area contributed by atoms with Gasteiger partial charge in [0.25, 0.3) is 0 Å². The number of hydrogen-bond acceptors (Lipinski definition) is 3. The minimum Gasteiger partial charge on any atom is -0.354 e. The molecule has 1 atom stereocenters. The molecule has 0 radical (unpaired) electrons. The second kappa shape index (κ2) is 15.0. The Hall–Kier alpha value is -2.54. The van der Waals surface area contributed by atoms with Crippen LogP contribution in [0, 0.1) is 5.82 Å². The van der Waals surface area contributed by atoms with E-state index in [4.69, 9.17) is 23.2 Å². The Morgan fingerprint density at radius 3 is 2.32 bits per heavy atom. The summed E-state index contributed by atoms with van der Waals surface area (Å²) in [5.41, 5.74) is 2.66. The van der Waals surface area contributed by atoms with Gasteiger partial charge < -0.3 is 10.2 Å². The Labute approximate surface area is 232 Å². The van der Waals surface area contributed by atoms with Crippen molar-refractivity contribution in [1.29, 1.82) is 0 Å². The molecule has 196 valence electrons. The lowest BCUT2D eigenvalue weighted by atomic mass is 10.0. The van der Waals surface area contributed by atoms with Gasteiger partial charge in [-0.3, -0.25) is 9.59 Å². The smallest absolute Gasteiger partial charge is 0.243 e. The Morgan fingerprint density at radius 1 is 0.946 bits per heavy atom. The molecule has 8 heteroatoms. The molecule has 3 rings (SSSR count). The zero-order valence-corrected chi connectivity index (χ0v) is 23.1. The first-order valence-electron chi connectivity index (χ1n) is 12.2. The van der Waals surface area contributed by atoms with Crippen LogP contribution in [-0.2, 0) is 28.3 Å². The molecule has 37 heavy (non-hydrogen) atoms. The van der Waals surface area contributed by atoms with Crippen molar-refractivity contribution < 1.29 is 14.0 Å². The number of carbonyl (C=O) groups excluding carboxylic acids is 2. The van der Waals surface area contributed by atoms with E-state index in [1.54, 1.807) is 29.2 Å². The molecule has 1 N–H and O–H groups in total. The maximum absolute atomic E-state index is 13.6. The van der Waals surface area contributed by atoms with Crippen LogP contribution in [0.15, 0.2) is 72.8 Å². The van der Waals surface area contributed by atoms with E-state index in [0.717, 1.165) is 29.5 Å². The predicted octanol–water partition coefficient (Wildman–Crippen LogP) is 6.92. The van der Waals surface area contributed by atoms with E-state index in [0.29, 0.717) is 28.8 Å². The highest BCUT2D eigenvalue weighted by molar-refractivity contribution is 7.99. The molecule has 3 aromatic carbocycles. The highest BCUT2D eigenvalue weighted by Gasteiger charge is 2.30. The third-order valence-corrected chi connectivity index (χ3v) is 7.57. The molecule has 0 aliphatic rings. The van der Waals surface area contributed by atoms with Gasteiger partial charge in [0.1, 0.15) is 11.9 Å². The first-order chi connectivity index (χ1) is 17.9. The van der Waals surface area contributed by atoms with E-state index in [2.05, 4.69) is 12.2 Å². The second-order valence-electron chi connectivity index (χ2n) is 8.74. The van der Waals surface area contributed by atoms with Crippen LogP contribution < -0.4 is 5.32 Å². The Bertz CT molecular complexity index is 1160. The topological polar surface area (TPSA) is 49.4 Å². The minimum absolute atomic E-state index is 0.166. The van der Waals surface area contributed by atoms with E-state index >= 15 is 0 Å². The summed E-state index contributed by atoms with van der Waals surface area (Å²) in [7, 11) is 0. The summed E-state index contributed by atoms with van der Waals surface area (Å²) in [5, 5.41) is 3.95. The Kier molecular flexibility index (Phi) is 11.8. The Morgan fingerprint density at radius 2 is 1.65 bits per heavy atom. The lowest BCUT2D eigenvalue weighted by molar-refractivity contribution is -0.139. The second-order valence-corrected chi connectivity index (χ2v) is 10.5. The first-order valence-corrected chi connectivity index (χ1v) is 14.2. The van der Waals surface area contributed by atoms with Gasteiger partial charge in [0.05, 0.1) is 15.8 Å². The third kappa shape index (κ3) is 9.37. The van der Waals surface area contributed by atoms with Crippen LogP contribution in [0.2, 0.25) is 10.0 Å². The van der Waals surface area contributed by atoms with Crippen molar-refractivity contribution in [2.45, 2.75) is 44.5 Å². The molecule has 0 aromatic heterocycles. The molecular weight excluding hydrogens is 530 g/mol. The maximum atomic E-state index is 13.6. The number of halogens is 3. The summed E-state index contributed by atoms with van der Waals surface area (Å²) in [6.45, 7) is 2.81. The molecule has 0 saturated carbocycles. The molecular formula is C29H31Cl2FN2O2S. The highest BCUT2D eigenvalue weighted by Crippen LogP contribution is 2.25. The van der Waals surface area contributed by atoms with Crippen LogP contribution in [-0.4, -0.2) is 35.1 Å². The van der Waals surface area contributed by atoms with Gasteiger partial charge in [0, 0.05) is 25.3 Å². The fourth-order valence-corrected chi connectivity index (χ4v) is 4.99. The van der Waals surface area contributed by atoms with Crippen molar-refractivity contribution in [2.75, 3.05) is 12.3 Å². The van der Waals surface area contributed by atoms with Crippen molar-refractivity contribution in [3.8, 4) is 0 Å². The van der Waals surface area contributed by atoms with E-state index < -0.39 is 6.04 Å². The SMILES string of the molecule is CCCCNC(=O)[C@@H](Cc1ccccc1)N(Cc1ccc(F)cc1)C(=O)CSCc1ccc(Cl)c(Cl)c1. The number of nitrogens with zero attached hydrogens (tertiary/aromatic N) is 1. The third-order valence-electron chi connectivity index (χ3n) is 5.85. The van der Waals surface area contributed by atoms with Gasteiger partial charge in [-0.25, -0.2) is 4.39 Å². The number of carbonyl (C=O) groups is 2. The molecule has 0 fully saturated rings. The Balaban J connectivity index is 1.82. The van der Waals surface area contributed by atoms with E-state index in [1.807, 2.05) is 36.4 Å². The van der Waals surface area contributed by atoms with Crippen LogP contribution in [0.1, 0.15) is 36.5 Å². The van der Waals surface area contributed by atoms with Crippen molar-refractivity contribution >= 4 is 46.8 Å². The van der Waals surface area contributed by atoms with Crippen molar-refractivity contribution in [3.05, 3.63) is 105 Å². The zero-order valence-electron chi connectivity index (χ0n) is 20.8. The summed E-state index contributed by atoms with van der Waals surface area (Å²) in [6.07, 6.45) is 2.19. The number of rotatable bonds is 13. The molecule has 0 saturated heterocycles. The normalized spacial score (nSPS) is 11.7. The highest BCUT2D eigenvalue weighted by atomic mass is 35.5. The average molecular weight is 562 g/mol. The molecule has 3 aromatic rings. The van der Waals surface area contributed by atoms with Gasteiger partial charge in [-0.05, 0) is 47.4 Å². The first kappa shape index (κ1) is 29.0. The summed E-state index contributed by atoms with van der Waals surface area (Å²) >= 11 is 13.6.